The number of anilines is 1. The third-order valence-electron chi connectivity index (χ3n) is 3.90. The number of nitrogens with one attached hydrogen (secondary N) is 1. The number of nitrogens with zero attached hydrogens (tertiary/aromatic N) is 2. The number of aromatic nitrogens is 2. The summed E-state index contributed by atoms with van der Waals surface area (Å²) in [6, 6.07) is 3.78. The van der Waals surface area contributed by atoms with Gasteiger partial charge in [-0.15, -0.1) is 11.3 Å². The molecule has 0 atom stereocenters. The minimum atomic E-state index is -4.48. The summed E-state index contributed by atoms with van der Waals surface area (Å²) in [5, 5.41) is 4.30. The summed E-state index contributed by atoms with van der Waals surface area (Å²) < 4.78 is 39.3. The molecule has 0 spiro atoms. The first-order valence-electron chi connectivity index (χ1n) is 7.70. The zero-order valence-corrected chi connectivity index (χ0v) is 14.7. The smallest absolute Gasteiger partial charge is 0.316 e. The molecule has 0 fully saturated rings. The Kier molecular flexibility index (Phi) is 4.57. The van der Waals surface area contributed by atoms with Gasteiger partial charge >= 0.3 is 6.18 Å². The van der Waals surface area contributed by atoms with Gasteiger partial charge in [0, 0.05) is 16.6 Å². The van der Waals surface area contributed by atoms with E-state index in [4.69, 9.17) is 0 Å². The SMILES string of the molecule is CCc1csc2nc(C)c(NC(=O)c3ccc(C(F)(F)F)cc3)c(=O)n12. The maximum absolute atomic E-state index is 12.7. The molecule has 2 heterocycles. The summed E-state index contributed by atoms with van der Waals surface area (Å²) >= 11 is 1.33. The molecule has 9 heteroatoms. The Balaban J connectivity index is 1.96. The molecular formula is C17H14F3N3O2S. The Morgan fingerprint density at radius 2 is 1.92 bits per heavy atom. The van der Waals surface area contributed by atoms with Gasteiger partial charge < -0.3 is 5.32 Å². The van der Waals surface area contributed by atoms with Crippen LogP contribution in [0, 0.1) is 6.92 Å². The van der Waals surface area contributed by atoms with Crippen LogP contribution in [0.3, 0.4) is 0 Å². The molecule has 2 aromatic heterocycles. The molecule has 136 valence electrons. The minimum Gasteiger partial charge on any atom is -0.316 e. The first kappa shape index (κ1) is 18.1. The Labute approximate surface area is 150 Å². The molecule has 0 bridgehead atoms. The van der Waals surface area contributed by atoms with Crippen molar-refractivity contribution in [2.75, 3.05) is 5.32 Å². The summed E-state index contributed by atoms with van der Waals surface area (Å²) in [4.78, 5) is 29.9. The van der Waals surface area contributed by atoms with Gasteiger partial charge in [-0.2, -0.15) is 13.2 Å². The maximum atomic E-state index is 12.7. The number of benzene rings is 1. The van der Waals surface area contributed by atoms with Gasteiger partial charge in [-0.05, 0) is 37.6 Å². The van der Waals surface area contributed by atoms with Gasteiger partial charge in [-0.25, -0.2) is 4.98 Å². The van der Waals surface area contributed by atoms with Crippen molar-refractivity contribution in [3.05, 3.63) is 62.5 Å². The van der Waals surface area contributed by atoms with E-state index in [2.05, 4.69) is 10.3 Å². The highest BCUT2D eigenvalue weighted by Crippen LogP contribution is 2.29. The first-order chi connectivity index (χ1) is 12.2. The van der Waals surface area contributed by atoms with Gasteiger partial charge in [0.25, 0.3) is 11.5 Å². The number of aryl methyl sites for hydroxylation is 2. The number of carbonyl (C=O) groups excluding carboxylic acids is 1. The van der Waals surface area contributed by atoms with Crippen molar-refractivity contribution in [2.24, 2.45) is 0 Å². The number of fused-ring (bicyclic) bond motifs is 1. The summed E-state index contributed by atoms with van der Waals surface area (Å²) in [6.07, 6.45) is -3.86. The number of halogens is 3. The van der Waals surface area contributed by atoms with Crippen LogP contribution in [0.2, 0.25) is 0 Å². The van der Waals surface area contributed by atoms with Crippen LogP contribution >= 0.6 is 11.3 Å². The van der Waals surface area contributed by atoms with E-state index < -0.39 is 23.2 Å². The van der Waals surface area contributed by atoms with E-state index in [1.165, 1.54) is 15.7 Å². The van der Waals surface area contributed by atoms with Gasteiger partial charge in [0.05, 0.1) is 11.3 Å². The van der Waals surface area contributed by atoms with Crippen molar-refractivity contribution < 1.29 is 18.0 Å². The lowest BCUT2D eigenvalue weighted by atomic mass is 10.1. The maximum Gasteiger partial charge on any atom is 0.416 e. The van der Waals surface area contributed by atoms with Crippen LogP contribution in [-0.2, 0) is 12.6 Å². The lowest BCUT2D eigenvalue weighted by molar-refractivity contribution is -0.137. The molecule has 3 aromatic rings. The number of rotatable bonds is 3. The molecule has 5 nitrogen and oxygen atoms in total. The van der Waals surface area contributed by atoms with Crippen LogP contribution in [0.4, 0.5) is 18.9 Å². The number of amides is 1. The number of hydrogen-bond donors (Lipinski definition) is 1. The highest BCUT2D eigenvalue weighted by Gasteiger charge is 2.30. The van der Waals surface area contributed by atoms with Crippen molar-refractivity contribution in [1.29, 1.82) is 0 Å². The minimum absolute atomic E-state index is 0.0143. The molecule has 3 rings (SSSR count). The van der Waals surface area contributed by atoms with E-state index in [9.17, 15) is 22.8 Å². The van der Waals surface area contributed by atoms with E-state index >= 15 is 0 Å². The number of alkyl halides is 3. The second-order valence-electron chi connectivity index (χ2n) is 5.61. The molecule has 0 unspecified atom stereocenters. The fourth-order valence-electron chi connectivity index (χ4n) is 2.49. The van der Waals surface area contributed by atoms with Crippen molar-refractivity contribution in [3.63, 3.8) is 0 Å². The summed E-state index contributed by atoms with van der Waals surface area (Å²) in [5.74, 6) is -0.672. The topological polar surface area (TPSA) is 63.5 Å². The normalized spacial score (nSPS) is 11.7. The standard InChI is InChI=1S/C17H14F3N3O2S/c1-3-12-8-26-16-21-9(2)13(15(25)23(12)16)22-14(24)10-4-6-11(7-5-10)17(18,19)20/h4-8H,3H2,1-2H3,(H,22,24). The van der Waals surface area contributed by atoms with Crippen LogP contribution in [0.15, 0.2) is 34.4 Å². The average Bonchev–Trinajstić information content (AvgIpc) is 3.00. The fraction of sp³-hybridized carbons (Fsp3) is 0.235. The fourth-order valence-corrected chi connectivity index (χ4v) is 3.50. The Morgan fingerprint density at radius 3 is 2.50 bits per heavy atom. The average molecular weight is 381 g/mol. The van der Waals surface area contributed by atoms with Crippen LogP contribution in [0.1, 0.15) is 34.2 Å². The van der Waals surface area contributed by atoms with E-state index in [0.29, 0.717) is 17.1 Å². The zero-order chi connectivity index (χ0) is 19.1. The van der Waals surface area contributed by atoms with E-state index in [0.717, 1.165) is 30.0 Å². The second-order valence-corrected chi connectivity index (χ2v) is 6.44. The van der Waals surface area contributed by atoms with Crippen molar-refractivity contribution in [3.8, 4) is 0 Å². The molecule has 0 aliphatic rings. The van der Waals surface area contributed by atoms with Crippen molar-refractivity contribution in [2.45, 2.75) is 26.4 Å². The summed E-state index contributed by atoms with van der Waals surface area (Å²) in [5.41, 5.74) is -0.110. The third kappa shape index (κ3) is 3.22. The third-order valence-corrected chi connectivity index (χ3v) is 4.77. The largest absolute Gasteiger partial charge is 0.416 e. The number of hydrogen-bond acceptors (Lipinski definition) is 4. The van der Waals surface area contributed by atoms with Gasteiger partial charge in [-0.3, -0.25) is 14.0 Å². The van der Waals surface area contributed by atoms with E-state index in [1.54, 1.807) is 6.92 Å². The van der Waals surface area contributed by atoms with Crippen LogP contribution in [0.25, 0.3) is 4.96 Å². The molecule has 1 amide bonds. The Bertz CT molecular complexity index is 1040. The molecule has 0 saturated heterocycles. The van der Waals surface area contributed by atoms with Crippen molar-refractivity contribution >= 4 is 27.9 Å². The molecule has 1 N–H and O–H groups in total. The van der Waals surface area contributed by atoms with Crippen LogP contribution in [0.5, 0.6) is 0 Å². The lowest BCUT2D eigenvalue weighted by Gasteiger charge is -2.10. The predicted molar refractivity (Wildman–Crippen MR) is 92.9 cm³/mol. The highest BCUT2D eigenvalue weighted by molar-refractivity contribution is 7.15. The molecule has 1 aromatic carbocycles. The predicted octanol–water partition coefficient (Wildman–Crippen LogP) is 3.90. The van der Waals surface area contributed by atoms with Gasteiger partial charge in [0.1, 0.15) is 5.69 Å². The Hall–Kier alpha value is -2.68. The number of thiazole rings is 1. The van der Waals surface area contributed by atoms with Crippen LogP contribution in [-0.4, -0.2) is 15.3 Å². The zero-order valence-electron chi connectivity index (χ0n) is 13.8. The quantitative estimate of drug-likeness (QED) is 0.749. The van der Waals surface area contributed by atoms with Gasteiger partial charge in [0.2, 0.25) is 0 Å². The molecule has 0 saturated carbocycles. The second kappa shape index (κ2) is 6.56. The van der Waals surface area contributed by atoms with Crippen molar-refractivity contribution in [1.82, 2.24) is 9.38 Å². The highest BCUT2D eigenvalue weighted by atomic mass is 32.1. The lowest BCUT2D eigenvalue weighted by Crippen LogP contribution is -2.25. The monoisotopic (exact) mass is 381 g/mol. The molecule has 0 radical (unpaired) electrons. The molecule has 0 aliphatic carbocycles. The summed E-state index contributed by atoms with van der Waals surface area (Å²) in [7, 11) is 0. The van der Waals surface area contributed by atoms with E-state index in [1.807, 2.05) is 12.3 Å². The molecule has 26 heavy (non-hydrogen) atoms. The van der Waals surface area contributed by atoms with Gasteiger partial charge in [-0.1, -0.05) is 6.92 Å². The molecule has 0 aliphatic heterocycles. The van der Waals surface area contributed by atoms with Gasteiger partial charge in [0.15, 0.2) is 4.96 Å². The molecular weight excluding hydrogens is 367 g/mol. The van der Waals surface area contributed by atoms with E-state index in [-0.39, 0.29) is 11.3 Å². The summed E-state index contributed by atoms with van der Waals surface area (Å²) in [6.45, 7) is 3.49. The number of carbonyl (C=O) groups is 1. The Morgan fingerprint density at radius 1 is 1.27 bits per heavy atom. The van der Waals surface area contributed by atoms with Crippen LogP contribution < -0.4 is 10.9 Å². The first-order valence-corrected chi connectivity index (χ1v) is 8.58.